The minimum Gasteiger partial charge on any atom is -0.503 e. The van der Waals surface area contributed by atoms with Crippen LogP contribution >= 0.6 is 0 Å². The number of likely N-dealkylation sites (N-methyl/N-ethyl adjacent to an activating group) is 1. The van der Waals surface area contributed by atoms with E-state index in [0.717, 1.165) is 25.1 Å². The van der Waals surface area contributed by atoms with E-state index in [1.165, 1.54) is 18.2 Å². The van der Waals surface area contributed by atoms with Crippen LogP contribution in [0, 0.1) is 12.7 Å². The van der Waals surface area contributed by atoms with E-state index >= 15 is 0 Å². The number of nitrogens with zero attached hydrogens (tertiary/aromatic N) is 2. The largest absolute Gasteiger partial charge is 0.503 e. The zero-order valence-electron chi connectivity index (χ0n) is 14.5. The molecule has 4 nitrogen and oxygen atoms in total. The second-order valence-electron chi connectivity index (χ2n) is 5.91. The average molecular weight is 332 g/mol. The van der Waals surface area contributed by atoms with Gasteiger partial charge in [0, 0.05) is 31.4 Å². The van der Waals surface area contributed by atoms with E-state index < -0.39 is 0 Å². The third-order valence-corrected chi connectivity index (χ3v) is 4.53. The molecular weight excluding hydrogens is 307 g/mol. The van der Waals surface area contributed by atoms with Crippen LogP contribution in [0.4, 0.5) is 4.39 Å². The molecule has 1 heterocycles. The van der Waals surface area contributed by atoms with Gasteiger partial charge in [-0.05, 0) is 37.6 Å². The molecule has 0 saturated heterocycles. The lowest BCUT2D eigenvalue weighted by atomic mass is 10.0. The van der Waals surface area contributed by atoms with E-state index in [1.54, 1.807) is 13.1 Å². The fourth-order valence-electron chi connectivity index (χ4n) is 3.07. The van der Waals surface area contributed by atoms with Gasteiger partial charge < -0.3 is 9.67 Å². The Bertz CT molecular complexity index is 725. The van der Waals surface area contributed by atoms with Crippen molar-refractivity contribution >= 4 is 0 Å². The van der Waals surface area contributed by atoms with Crippen LogP contribution in [-0.2, 0) is 6.54 Å². The Labute approximate surface area is 142 Å². The fourth-order valence-corrected chi connectivity index (χ4v) is 3.07. The molecule has 0 spiro atoms. The van der Waals surface area contributed by atoms with Gasteiger partial charge in [0.25, 0.3) is 0 Å². The second-order valence-corrected chi connectivity index (χ2v) is 5.91. The molecule has 2 rings (SSSR count). The highest BCUT2D eigenvalue weighted by Crippen LogP contribution is 2.24. The number of hydrogen-bond donors (Lipinski definition) is 1. The lowest BCUT2D eigenvalue weighted by Crippen LogP contribution is -2.32. The monoisotopic (exact) mass is 332 g/mol. The maximum Gasteiger partial charge on any atom is 0.223 e. The molecule has 0 fully saturated rings. The minimum absolute atomic E-state index is 0.189. The standard InChI is InChI=1S/C19H25FN2O2/c1-4-17(15-6-8-16(20)9-7-15)21(5-2)12-13-22-11-10-18(23)19(24)14(22)3/h6-11,17,24H,4-5,12-13H2,1-3H3. The summed E-state index contributed by atoms with van der Waals surface area (Å²) < 4.78 is 15.0. The SMILES string of the molecule is CCC(c1ccc(F)cc1)N(CC)CCn1ccc(=O)c(O)c1C. The van der Waals surface area contributed by atoms with E-state index in [4.69, 9.17) is 0 Å². The molecule has 1 aromatic carbocycles. The van der Waals surface area contributed by atoms with Crippen LogP contribution in [0.15, 0.2) is 41.3 Å². The first-order valence-corrected chi connectivity index (χ1v) is 8.36. The van der Waals surface area contributed by atoms with Gasteiger partial charge in [0.1, 0.15) is 5.82 Å². The number of aromatic nitrogens is 1. The van der Waals surface area contributed by atoms with Crippen LogP contribution < -0.4 is 5.43 Å². The lowest BCUT2D eigenvalue weighted by Gasteiger charge is -2.31. The number of pyridine rings is 1. The zero-order chi connectivity index (χ0) is 17.7. The highest BCUT2D eigenvalue weighted by Gasteiger charge is 2.17. The first-order chi connectivity index (χ1) is 11.5. The predicted octanol–water partition coefficient (Wildman–Crippen LogP) is 3.47. The Morgan fingerprint density at radius 3 is 2.46 bits per heavy atom. The summed E-state index contributed by atoms with van der Waals surface area (Å²) in [6.07, 6.45) is 2.64. The topological polar surface area (TPSA) is 45.5 Å². The third kappa shape index (κ3) is 4.03. The summed E-state index contributed by atoms with van der Waals surface area (Å²) in [6.45, 7) is 8.27. The molecule has 5 heteroatoms. The Balaban J connectivity index is 2.14. The van der Waals surface area contributed by atoms with Gasteiger partial charge in [0.2, 0.25) is 5.43 Å². The molecule has 1 N–H and O–H groups in total. The quantitative estimate of drug-likeness (QED) is 0.844. The molecule has 0 radical (unpaired) electrons. The molecule has 130 valence electrons. The molecule has 1 atom stereocenters. The van der Waals surface area contributed by atoms with E-state index in [9.17, 15) is 14.3 Å². The highest BCUT2D eigenvalue weighted by atomic mass is 19.1. The Morgan fingerprint density at radius 1 is 1.21 bits per heavy atom. The lowest BCUT2D eigenvalue weighted by molar-refractivity contribution is 0.193. The van der Waals surface area contributed by atoms with Gasteiger partial charge in [0.05, 0.1) is 5.69 Å². The van der Waals surface area contributed by atoms with Crippen LogP contribution in [0.25, 0.3) is 0 Å². The Morgan fingerprint density at radius 2 is 1.88 bits per heavy atom. The highest BCUT2D eigenvalue weighted by molar-refractivity contribution is 5.25. The van der Waals surface area contributed by atoms with E-state index in [-0.39, 0.29) is 23.0 Å². The van der Waals surface area contributed by atoms with Crippen molar-refractivity contribution in [2.24, 2.45) is 0 Å². The number of rotatable bonds is 7. The van der Waals surface area contributed by atoms with Gasteiger partial charge >= 0.3 is 0 Å². The van der Waals surface area contributed by atoms with Crippen molar-refractivity contribution in [3.8, 4) is 5.75 Å². The first kappa shape index (κ1) is 18.2. The average Bonchev–Trinajstić information content (AvgIpc) is 2.59. The maximum absolute atomic E-state index is 13.2. The zero-order valence-corrected chi connectivity index (χ0v) is 14.5. The molecular formula is C19H25FN2O2. The molecule has 0 aliphatic carbocycles. The fraction of sp³-hybridized carbons (Fsp3) is 0.421. The number of benzene rings is 1. The molecule has 0 aliphatic heterocycles. The predicted molar refractivity (Wildman–Crippen MR) is 93.8 cm³/mol. The maximum atomic E-state index is 13.2. The molecule has 1 aromatic heterocycles. The van der Waals surface area contributed by atoms with Gasteiger partial charge in [-0.1, -0.05) is 26.0 Å². The first-order valence-electron chi connectivity index (χ1n) is 8.36. The van der Waals surface area contributed by atoms with Crippen molar-refractivity contribution in [1.29, 1.82) is 0 Å². The van der Waals surface area contributed by atoms with E-state index in [2.05, 4.69) is 18.7 Å². The van der Waals surface area contributed by atoms with Crippen LogP contribution in [0.5, 0.6) is 5.75 Å². The van der Waals surface area contributed by atoms with Crippen molar-refractivity contribution in [1.82, 2.24) is 9.47 Å². The summed E-state index contributed by atoms with van der Waals surface area (Å²) in [7, 11) is 0. The van der Waals surface area contributed by atoms with Crippen molar-refractivity contribution in [3.63, 3.8) is 0 Å². The molecule has 0 saturated carbocycles. The Hall–Kier alpha value is -2.14. The smallest absolute Gasteiger partial charge is 0.223 e. The second kappa shape index (κ2) is 8.11. The molecule has 0 bridgehead atoms. The van der Waals surface area contributed by atoms with Gasteiger partial charge in [0.15, 0.2) is 5.75 Å². The summed E-state index contributed by atoms with van der Waals surface area (Å²) in [5, 5.41) is 9.79. The third-order valence-electron chi connectivity index (χ3n) is 4.53. The summed E-state index contributed by atoms with van der Waals surface area (Å²) in [6, 6.07) is 8.26. The van der Waals surface area contributed by atoms with Crippen molar-refractivity contribution in [2.75, 3.05) is 13.1 Å². The van der Waals surface area contributed by atoms with Gasteiger partial charge in [-0.15, -0.1) is 0 Å². The minimum atomic E-state index is -0.353. The van der Waals surface area contributed by atoms with Gasteiger partial charge in [-0.3, -0.25) is 9.69 Å². The van der Waals surface area contributed by atoms with E-state index in [1.807, 2.05) is 16.7 Å². The molecule has 24 heavy (non-hydrogen) atoms. The number of hydrogen-bond acceptors (Lipinski definition) is 3. The number of halogens is 1. The number of aromatic hydroxyl groups is 1. The normalized spacial score (nSPS) is 12.5. The molecule has 0 amide bonds. The van der Waals surface area contributed by atoms with Gasteiger partial charge in [-0.2, -0.15) is 0 Å². The summed E-state index contributed by atoms with van der Waals surface area (Å²) in [5.41, 5.74) is 1.32. The van der Waals surface area contributed by atoms with Gasteiger partial charge in [-0.25, -0.2) is 4.39 Å². The van der Waals surface area contributed by atoms with Crippen LogP contribution in [0.2, 0.25) is 0 Å². The van der Waals surface area contributed by atoms with Crippen LogP contribution in [-0.4, -0.2) is 27.7 Å². The molecule has 2 aromatic rings. The van der Waals surface area contributed by atoms with Crippen molar-refractivity contribution < 1.29 is 9.50 Å². The molecule has 0 aliphatic rings. The summed E-state index contributed by atoms with van der Waals surface area (Å²) in [5.74, 6) is -0.415. The van der Waals surface area contributed by atoms with Crippen molar-refractivity contribution in [3.05, 3.63) is 63.8 Å². The molecule has 1 unspecified atom stereocenters. The van der Waals surface area contributed by atoms with Crippen molar-refractivity contribution in [2.45, 2.75) is 39.8 Å². The summed E-state index contributed by atoms with van der Waals surface area (Å²) >= 11 is 0. The van der Waals surface area contributed by atoms with Crippen LogP contribution in [0.1, 0.15) is 37.6 Å². The van der Waals surface area contributed by atoms with Crippen LogP contribution in [0.3, 0.4) is 0 Å². The Kier molecular flexibility index (Phi) is 6.15. The summed E-state index contributed by atoms with van der Waals surface area (Å²) in [4.78, 5) is 13.8. The van der Waals surface area contributed by atoms with E-state index in [0.29, 0.717) is 12.2 Å².